The minimum Gasteiger partial charge on any atom is -0.358 e. The molecule has 0 amide bonds. The average Bonchev–Trinajstić information content (AvgIpc) is 2.26. The van der Waals surface area contributed by atoms with Crippen molar-refractivity contribution in [3.05, 3.63) is 42.6 Å². The maximum atomic E-state index is 9.98. The topological polar surface area (TPSA) is 29.5 Å². The van der Waals surface area contributed by atoms with E-state index in [1.54, 1.807) is 0 Å². The van der Waals surface area contributed by atoms with E-state index in [0.29, 0.717) is 15.8 Å². The van der Waals surface area contributed by atoms with Crippen molar-refractivity contribution in [1.29, 1.82) is 0 Å². The van der Waals surface area contributed by atoms with E-state index in [9.17, 15) is 5.11 Å². The van der Waals surface area contributed by atoms with E-state index < -0.39 is 0 Å². The maximum Gasteiger partial charge on any atom is 0 e. The van der Waals surface area contributed by atoms with Gasteiger partial charge >= 0.3 is 120 Å². The maximum absolute atomic E-state index is 9.98. The van der Waals surface area contributed by atoms with E-state index in [1.807, 2.05) is 0 Å². The van der Waals surface area contributed by atoms with Crippen molar-refractivity contribution in [3.63, 3.8) is 0 Å². The summed E-state index contributed by atoms with van der Waals surface area (Å²) in [5.74, 6) is 1.28. The van der Waals surface area contributed by atoms with Crippen molar-refractivity contribution >= 4 is 4.08 Å². The molecule has 0 aromatic rings. The molecular weight excluding hydrogens is 497 g/mol. The van der Waals surface area contributed by atoms with Gasteiger partial charge in [0.25, 0.3) is 0 Å². The van der Waals surface area contributed by atoms with E-state index >= 15 is 0 Å². The normalized spacial score (nSPS) is 23.9. The third-order valence-corrected chi connectivity index (χ3v) is 4.54. The Morgan fingerprint density at radius 2 is 2.10 bits per heavy atom. The Labute approximate surface area is 159 Å². The monoisotopic (exact) mass is 519 g/mol. The molecule has 0 saturated carbocycles. The molecule has 0 fully saturated rings. The first kappa shape index (κ1) is 20.6. The third-order valence-electron chi connectivity index (χ3n) is 3.81. The van der Waals surface area contributed by atoms with Crippen LogP contribution in [0.1, 0.15) is 40.0 Å². The fourth-order valence-corrected chi connectivity index (χ4v) is 3.72. The molecule has 0 bridgehead atoms. The Bertz CT molecular complexity index is 475. The Morgan fingerprint density at radius 3 is 2.60 bits per heavy atom. The number of rotatable bonds is 2. The van der Waals surface area contributed by atoms with Crippen LogP contribution in [0, 0.1) is 19.9 Å². The molecule has 109 valence electrons. The summed E-state index contributed by atoms with van der Waals surface area (Å²) < 4.78 is 6.35. The Hall–Kier alpha value is 0.642. The second-order valence-electron chi connectivity index (χ2n) is 5.63. The zero-order chi connectivity index (χ0) is 13.5. The van der Waals surface area contributed by atoms with Crippen molar-refractivity contribution < 1.29 is 61.9 Å². The van der Waals surface area contributed by atoms with Gasteiger partial charge < -0.3 is 7.43 Å². The van der Waals surface area contributed by atoms with Crippen LogP contribution in [0.15, 0.2) is 28.6 Å². The van der Waals surface area contributed by atoms with E-state index in [4.69, 9.17) is 11.3 Å². The quantitative estimate of drug-likeness (QED) is 0.565. The van der Waals surface area contributed by atoms with Gasteiger partial charge in [-0.15, -0.1) is 0 Å². The Balaban J connectivity index is 0.00000180. The van der Waals surface area contributed by atoms with Gasteiger partial charge in [-0.25, -0.2) is 0 Å². The summed E-state index contributed by atoms with van der Waals surface area (Å²) in [6.07, 6.45) is 4.72. The van der Waals surface area contributed by atoms with Gasteiger partial charge in [0.15, 0.2) is 0 Å². The SMILES string of the molecule is [CH-]=CC1=C([C](O)=[W])C2=C(CCC(C)C2)C(C)(C)O1.[CH3-].[Y]. The number of aliphatic hydroxyl groups is 1. The van der Waals surface area contributed by atoms with Crippen LogP contribution in [0.5, 0.6) is 0 Å². The summed E-state index contributed by atoms with van der Waals surface area (Å²) in [6.45, 7) is 12.1. The van der Waals surface area contributed by atoms with Gasteiger partial charge in [0.05, 0.1) is 0 Å². The molecular formula is C16H22O2WY-2. The van der Waals surface area contributed by atoms with Crippen LogP contribution in [0.4, 0.5) is 0 Å². The molecule has 1 radical (unpaired) electrons. The fourth-order valence-electron chi connectivity index (χ4n) is 2.92. The first-order valence-electron chi connectivity index (χ1n) is 6.31. The van der Waals surface area contributed by atoms with Crippen LogP contribution in [-0.4, -0.2) is 14.8 Å². The van der Waals surface area contributed by atoms with Crippen molar-refractivity contribution in [2.24, 2.45) is 5.92 Å². The van der Waals surface area contributed by atoms with Crippen molar-refractivity contribution in [2.45, 2.75) is 45.6 Å². The molecule has 1 aliphatic carbocycles. The minimum atomic E-state index is -0.311. The molecule has 0 saturated heterocycles. The first-order chi connectivity index (χ1) is 8.36. The van der Waals surface area contributed by atoms with Crippen LogP contribution in [0.25, 0.3) is 0 Å². The summed E-state index contributed by atoms with van der Waals surface area (Å²) in [4.78, 5) is 0. The minimum absolute atomic E-state index is 0. The van der Waals surface area contributed by atoms with Gasteiger partial charge in [-0.1, -0.05) is 0 Å². The van der Waals surface area contributed by atoms with Gasteiger partial charge in [0, 0.05) is 32.7 Å². The van der Waals surface area contributed by atoms with E-state index in [1.165, 1.54) is 23.6 Å². The molecule has 1 N–H and O–H groups in total. The fraction of sp³-hybridized carbons (Fsp3) is 0.500. The van der Waals surface area contributed by atoms with E-state index in [0.717, 1.165) is 37.8 Å². The predicted molar refractivity (Wildman–Crippen MR) is 74.5 cm³/mol. The smallest absolute Gasteiger partial charge is 0 e. The van der Waals surface area contributed by atoms with Gasteiger partial charge in [-0.3, -0.25) is 0 Å². The summed E-state index contributed by atoms with van der Waals surface area (Å²) in [6, 6.07) is 0. The average molecular weight is 519 g/mol. The molecule has 0 spiro atoms. The molecule has 1 heterocycles. The van der Waals surface area contributed by atoms with Crippen molar-refractivity contribution in [3.8, 4) is 0 Å². The number of aliphatic hydroxyl groups excluding tert-OH is 1. The molecule has 0 aromatic heterocycles. The second-order valence-corrected chi connectivity index (χ2v) is 7.02. The Kier molecular flexibility index (Phi) is 8.02. The Morgan fingerprint density at radius 1 is 1.50 bits per heavy atom. The first-order valence-corrected chi connectivity index (χ1v) is 7.78. The summed E-state index contributed by atoms with van der Waals surface area (Å²) >= 11 is 1.05. The number of hydrogen-bond donors (Lipinski definition) is 1. The summed E-state index contributed by atoms with van der Waals surface area (Å²) in [7, 11) is 0. The van der Waals surface area contributed by atoms with E-state index in [2.05, 4.69) is 20.8 Å². The predicted octanol–water partition coefficient (Wildman–Crippen LogP) is 3.65. The molecule has 2 rings (SSSR count). The molecule has 0 aromatic carbocycles. The molecule has 2 aliphatic rings. The largest absolute Gasteiger partial charge is 0.358 e. The summed E-state index contributed by atoms with van der Waals surface area (Å²) in [5.41, 5.74) is 3.12. The second kappa shape index (κ2) is 7.77. The van der Waals surface area contributed by atoms with Crippen LogP contribution < -0.4 is 0 Å². The van der Waals surface area contributed by atoms with Gasteiger partial charge in [-0.2, -0.15) is 0 Å². The van der Waals surface area contributed by atoms with Crippen LogP contribution in [0.3, 0.4) is 0 Å². The zero-order valence-corrected chi connectivity index (χ0v) is 18.5. The molecule has 20 heavy (non-hydrogen) atoms. The number of hydrogen-bond acceptors (Lipinski definition) is 2. The zero-order valence-electron chi connectivity index (χ0n) is 12.7. The van der Waals surface area contributed by atoms with Gasteiger partial charge in [0.1, 0.15) is 0 Å². The van der Waals surface area contributed by atoms with E-state index in [-0.39, 0.29) is 45.7 Å². The number of ether oxygens (including phenoxy) is 1. The standard InChI is InChI=1S/C15H19O2.CH3.W.Y/c1-5-14-12(9-16)11-8-10(2)6-7-13(11)15(3,4)17-14;;;/h1,5,10,16H,6-8H2,2-4H3;1H3;;/q2*-1;;. The van der Waals surface area contributed by atoms with Crippen LogP contribution in [0.2, 0.25) is 0 Å². The molecule has 1 atom stereocenters. The summed E-state index contributed by atoms with van der Waals surface area (Å²) in [5, 5.41) is 9.98. The van der Waals surface area contributed by atoms with Gasteiger partial charge in [-0.05, 0) is 0 Å². The van der Waals surface area contributed by atoms with Crippen molar-refractivity contribution in [2.75, 3.05) is 0 Å². The molecule has 4 heteroatoms. The molecule has 1 unspecified atom stereocenters. The molecule has 1 aliphatic heterocycles. The van der Waals surface area contributed by atoms with Crippen molar-refractivity contribution in [1.82, 2.24) is 0 Å². The number of allylic oxidation sites excluding steroid dienone is 1. The van der Waals surface area contributed by atoms with Gasteiger partial charge in [0.2, 0.25) is 0 Å². The van der Waals surface area contributed by atoms with Crippen LogP contribution in [-0.2, 0) is 56.8 Å². The van der Waals surface area contributed by atoms with Crippen LogP contribution >= 0.6 is 0 Å². The molecule has 2 nitrogen and oxygen atoms in total. The third kappa shape index (κ3) is 3.89.